The first-order valence-electron chi connectivity index (χ1n) is 5.80. The van der Waals surface area contributed by atoms with Crippen LogP contribution in [-0.2, 0) is 0 Å². The Labute approximate surface area is 131 Å². The highest BCUT2D eigenvalue weighted by molar-refractivity contribution is 6.41. The van der Waals surface area contributed by atoms with Gasteiger partial charge in [-0.15, -0.1) is 0 Å². The molecule has 2 aromatic carbocycles. The van der Waals surface area contributed by atoms with Crippen LogP contribution >= 0.6 is 34.8 Å². The summed E-state index contributed by atoms with van der Waals surface area (Å²) in [6, 6.07) is 6.57. The van der Waals surface area contributed by atoms with Gasteiger partial charge in [0.05, 0.1) is 15.6 Å². The Kier molecular flexibility index (Phi) is 4.28. The number of benzene rings is 2. The van der Waals surface area contributed by atoms with Crippen LogP contribution in [0.1, 0.15) is 21.5 Å². The molecule has 20 heavy (non-hydrogen) atoms. The third-order valence-corrected chi connectivity index (χ3v) is 3.89. The van der Waals surface area contributed by atoms with Gasteiger partial charge in [0.1, 0.15) is 0 Å². The summed E-state index contributed by atoms with van der Waals surface area (Å²) in [4.78, 5) is 11.3. The van der Waals surface area contributed by atoms with Crippen molar-refractivity contribution in [1.82, 2.24) is 0 Å². The number of hydrogen-bond donors (Lipinski definition) is 1. The van der Waals surface area contributed by atoms with Gasteiger partial charge in [-0.05, 0) is 48.7 Å². The van der Waals surface area contributed by atoms with Crippen LogP contribution in [-0.4, -0.2) is 11.1 Å². The molecule has 5 heteroatoms. The highest BCUT2D eigenvalue weighted by Gasteiger charge is 2.16. The van der Waals surface area contributed by atoms with Crippen LogP contribution in [0.15, 0.2) is 24.3 Å². The van der Waals surface area contributed by atoms with Crippen LogP contribution in [0.3, 0.4) is 0 Å². The SMILES string of the molecule is Cc1cc(C)c(-c2c(Cl)cc(Cl)cc2Cl)cc1C(=O)O. The smallest absolute Gasteiger partial charge is 0.335 e. The van der Waals surface area contributed by atoms with Crippen LogP contribution in [0.25, 0.3) is 11.1 Å². The lowest BCUT2D eigenvalue weighted by atomic mass is 9.95. The van der Waals surface area contributed by atoms with Crippen LogP contribution in [0.2, 0.25) is 15.1 Å². The minimum absolute atomic E-state index is 0.229. The monoisotopic (exact) mass is 328 g/mol. The summed E-state index contributed by atoms with van der Waals surface area (Å²) in [5.41, 5.74) is 3.11. The highest BCUT2D eigenvalue weighted by Crippen LogP contribution is 2.39. The lowest BCUT2D eigenvalue weighted by Crippen LogP contribution is -2.01. The molecule has 2 aromatic rings. The number of rotatable bonds is 2. The zero-order valence-corrected chi connectivity index (χ0v) is 13.1. The average molecular weight is 330 g/mol. The van der Waals surface area contributed by atoms with E-state index in [2.05, 4.69) is 0 Å². The zero-order valence-electron chi connectivity index (χ0n) is 10.8. The third-order valence-electron chi connectivity index (χ3n) is 3.08. The third kappa shape index (κ3) is 2.78. The molecule has 0 atom stereocenters. The van der Waals surface area contributed by atoms with Crippen molar-refractivity contribution in [2.75, 3.05) is 0 Å². The van der Waals surface area contributed by atoms with Crippen molar-refractivity contribution >= 4 is 40.8 Å². The van der Waals surface area contributed by atoms with E-state index in [4.69, 9.17) is 34.8 Å². The van der Waals surface area contributed by atoms with E-state index in [1.165, 1.54) is 0 Å². The Bertz CT molecular complexity index is 686. The molecule has 0 aliphatic heterocycles. The van der Waals surface area contributed by atoms with E-state index in [0.717, 1.165) is 5.56 Å². The molecule has 0 amide bonds. The van der Waals surface area contributed by atoms with Gasteiger partial charge in [0.2, 0.25) is 0 Å². The molecular weight excluding hydrogens is 319 g/mol. The second kappa shape index (κ2) is 5.65. The van der Waals surface area contributed by atoms with Gasteiger partial charge in [-0.25, -0.2) is 4.79 Å². The first kappa shape index (κ1) is 15.2. The molecule has 0 aliphatic rings. The lowest BCUT2D eigenvalue weighted by Gasteiger charge is -2.13. The van der Waals surface area contributed by atoms with Crippen molar-refractivity contribution in [3.8, 4) is 11.1 Å². The summed E-state index contributed by atoms with van der Waals surface area (Å²) in [5.74, 6) is -0.982. The maximum atomic E-state index is 11.3. The number of halogens is 3. The quantitative estimate of drug-likeness (QED) is 0.775. The molecule has 0 unspecified atom stereocenters. The van der Waals surface area contributed by atoms with E-state index in [1.54, 1.807) is 31.2 Å². The number of carboxylic acid groups (broad SMARTS) is 1. The molecule has 104 valence electrons. The summed E-state index contributed by atoms with van der Waals surface area (Å²) >= 11 is 18.3. The second-order valence-corrected chi connectivity index (χ2v) is 5.78. The molecule has 0 saturated heterocycles. The Hall–Kier alpha value is -1.22. The summed E-state index contributed by atoms with van der Waals surface area (Å²) in [7, 11) is 0. The topological polar surface area (TPSA) is 37.3 Å². The number of aryl methyl sites for hydroxylation is 2. The normalized spacial score (nSPS) is 10.7. The molecule has 2 nitrogen and oxygen atoms in total. The van der Waals surface area contributed by atoms with Gasteiger partial charge in [0.15, 0.2) is 0 Å². The lowest BCUT2D eigenvalue weighted by molar-refractivity contribution is 0.0696. The molecule has 0 heterocycles. The maximum Gasteiger partial charge on any atom is 0.335 e. The van der Waals surface area contributed by atoms with Gasteiger partial charge in [-0.3, -0.25) is 0 Å². The predicted molar refractivity (Wildman–Crippen MR) is 83.3 cm³/mol. The van der Waals surface area contributed by atoms with Crippen molar-refractivity contribution < 1.29 is 9.90 Å². The predicted octanol–water partition coefficient (Wildman–Crippen LogP) is 5.63. The molecular formula is C15H11Cl3O2. The fourth-order valence-electron chi connectivity index (χ4n) is 2.15. The zero-order chi connectivity index (χ0) is 15.0. The van der Waals surface area contributed by atoms with Crippen LogP contribution in [0.4, 0.5) is 0 Å². The Morgan fingerprint density at radius 1 is 0.950 bits per heavy atom. The first-order valence-corrected chi connectivity index (χ1v) is 6.94. The summed E-state index contributed by atoms with van der Waals surface area (Å²) in [6.45, 7) is 3.64. The van der Waals surface area contributed by atoms with E-state index in [1.807, 2.05) is 6.92 Å². The van der Waals surface area contributed by atoms with Gasteiger partial charge in [0, 0.05) is 10.6 Å². The fourth-order valence-corrected chi connectivity index (χ4v) is 3.17. The number of carbonyl (C=O) groups is 1. The molecule has 0 aromatic heterocycles. The Morgan fingerprint density at radius 2 is 1.50 bits per heavy atom. The summed E-state index contributed by atoms with van der Waals surface area (Å²) < 4.78 is 0. The van der Waals surface area contributed by atoms with E-state index in [-0.39, 0.29) is 5.56 Å². The van der Waals surface area contributed by atoms with Crippen LogP contribution < -0.4 is 0 Å². The van der Waals surface area contributed by atoms with Crippen LogP contribution in [0, 0.1) is 13.8 Å². The summed E-state index contributed by atoms with van der Waals surface area (Å²) in [6.07, 6.45) is 0. The van der Waals surface area contributed by atoms with Crippen molar-refractivity contribution in [3.05, 3.63) is 56.0 Å². The van der Waals surface area contributed by atoms with Crippen molar-refractivity contribution in [1.29, 1.82) is 0 Å². The standard InChI is InChI=1S/C15H11Cl3O2/c1-7-3-8(2)11(15(19)20)6-10(7)14-12(17)4-9(16)5-13(14)18/h3-6H,1-2H3,(H,19,20). The number of hydrogen-bond acceptors (Lipinski definition) is 1. The van der Waals surface area contributed by atoms with E-state index in [0.29, 0.717) is 31.8 Å². The van der Waals surface area contributed by atoms with E-state index >= 15 is 0 Å². The highest BCUT2D eigenvalue weighted by atomic mass is 35.5. The summed E-state index contributed by atoms with van der Waals surface area (Å²) in [5, 5.41) is 10.4. The molecule has 2 rings (SSSR count). The van der Waals surface area contributed by atoms with Crippen LogP contribution in [0.5, 0.6) is 0 Å². The molecule has 0 radical (unpaired) electrons. The molecule has 0 spiro atoms. The minimum atomic E-state index is -0.982. The Balaban J connectivity index is 2.76. The minimum Gasteiger partial charge on any atom is -0.478 e. The van der Waals surface area contributed by atoms with E-state index in [9.17, 15) is 9.90 Å². The first-order chi connectivity index (χ1) is 9.31. The van der Waals surface area contributed by atoms with Gasteiger partial charge < -0.3 is 5.11 Å². The van der Waals surface area contributed by atoms with Gasteiger partial charge in [-0.2, -0.15) is 0 Å². The van der Waals surface area contributed by atoms with Crippen molar-refractivity contribution in [2.24, 2.45) is 0 Å². The van der Waals surface area contributed by atoms with Crippen molar-refractivity contribution in [3.63, 3.8) is 0 Å². The number of carboxylic acids is 1. The molecule has 1 N–H and O–H groups in total. The van der Waals surface area contributed by atoms with Gasteiger partial charge >= 0.3 is 5.97 Å². The van der Waals surface area contributed by atoms with Crippen molar-refractivity contribution in [2.45, 2.75) is 13.8 Å². The average Bonchev–Trinajstić information content (AvgIpc) is 2.29. The molecule has 0 aliphatic carbocycles. The largest absolute Gasteiger partial charge is 0.478 e. The second-order valence-electron chi connectivity index (χ2n) is 4.53. The number of aromatic carboxylic acids is 1. The van der Waals surface area contributed by atoms with Gasteiger partial charge in [-0.1, -0.05) is 40.9 Å². The maximum absolute atomic E-state index is 11.3. The molecule has 0 fully saturated rings. The molecule has 0 bridgehead atoms. The van der Waals surface area contributed by atoms with E-state index < -0.39 is 5.97 Å². The van der Waals surface area contributed by atoms with Gasteiger partial charge in [0.25, 0.3) is 0 Å². The Morgan fingerprint density at radius 3 is 2.00 bits per heavy atom. The molecule has 0 saturated carbocycles. The fraction of sp³-hybridized carbons (Fsp3) is 0.133.